The number of benzene rings is 1. The molecule has 0 aromatic heterocycles. The van der Waals surface area contributed by atoms with Crippen molar-refractivity contribution in [2.75, 3.05) is 38.7 Å². The van der Waals surface area contributed by atoms with Crippen LogP contribution in [0.25, 0.3) is 0 Å². The number of urea groups is 1. The van der Waals surface area contributed by atoms with E-state index < -0.39 is 0 Å². The molecule has 7 nitrogen and oxygen atoms in total. The summed E-state index contributed by atoms with van der Waals surface area (Å²) in [5.41, 5.74) is 6.83. The molecular formula is C20H31FN4O3. The van der Waals surface area contributed by atoms with E-state index >= 15 is 0 Å². The van der Waals surface area contributed by atoms with Gasteiger partial charge in [0.05, 0.1) is 18.8 Å². The third kappa shape index (κ3) is 9.36. The average molecular weight is 394 g/mol. The van der Waals surface area contributed by atoms with Crippen LogP contribution in [0.5, 0.6) is 5.75 Å². The van der Waals surface area contributed by atoms with Crippen molar-refractivity contribution in [3.8, 4) is 5.75 Å². The number of rotatable bonds is 13. The highest BCUT2D eigenvalue weighted by molar-refractivity contribution is 5.76. The summed E-state index contributed by atoms with van der Waals surface area (Å²) in [5, 5.41) is 2.50. The molecule has 0 bridgehead atoms. The number of allylic oxidation sites excluding steroid dienone is 1. The van der Waals surface area contributed by atoms with E-state index in [1.54, 1.807) is 12.1 Å². The van der Waals surface area contributed by atoms with Gasteiger partial charge >= 0.3 is 6.03 Å². The van der Waals surface area contributed by atoms with Crippen molar-refractivity contribution in [1.82, 2.24) is 15.6 Å². The van der Waals surface area contributed by atoms with E-state index in [0.29, 0.717) is 31.9 Å². The predicted molar refractivity (Wildman–Crippen MR) is 109 cm³/mol. The van der Waals surface area contributed by atoms with E-state index in [2.05, 4.69) is 16.2 Å². The van der Waals surface area contributed by atoms with Gasteiger partial charge in [-0.15, -0.1) is 0 Å². The number of aldehydes is 1. The molecule has 0 spiro atoms. The molecule has 0 radical (unpaired) electrons. The maximum atomic E-state index is 13.7. The molecule has 156 valence electrons. The molecule has 28 heavy (non-hydrogen) atoms. The number of amides is 2. The Kier molecular flexibility index (Phi) is 11.3. The van der Waals surface area contributed by atoms with Crippen LogP contribution in [0, 0.1) is 11.7 Å². The Labute approximate surface area is 166 Å². The van der Waals surface area contributed by atoms with Crippen molar-refractivity contribution in [3.05, 3.63) is 36.2 Å². The number of unbranched alkanes of at least 4 members (excludes halogenated alkanes) is 1. The lowest BCUT2D eigenvalue weighted by Crippen LogP contribution is -2.39. The first-order chi connectivity index (χ1) is 13.5. The number of hydrogen-bond acceptors (Lipinski definition) is 5. The lowest BCUT2D eigenvalue weighted by atomic mass is 10.2. The summed E-state index contributed by atoms with van der Waals surface area (Å²) >= 11 is 0. The number of carbonyl (C=O) groups is 2. The molecule has 8 heteroatoms. The van der Waals surface area contributed by atoms with Crippen LogP contribution in [0.1, 0.15) is 26.7 Å². The molecule has 3 N–H and O–H groups in total. The quantitative estimate of drug-likeness (QED) is 0.207. The Morgan fingerprint density at radius 3 is 2.75 bits per heavy atom. The van der Waals surface area contributed by atoms with Crippen molar-refractivity contribution in [3.63, 3.8) is 0 Å². The molecule has 1 aromatic carbocycles. The lowest BCUT2D eigenvalue weighted by Gasteiger charge is -2.17. The minimum atomic E-state index is -0.378. The Morgan fingerprint density at radius 1 is 1.29 bits per heavy atom. The number of hydrogen-bond donors (Lipinski definition) is 3. The van der Waals surface area contributed by atoms with E-state index in [-0.39, 0.29) is 24.1 Å². The van der Waals surface area contributed by atoms with E-state index in [9.17, 15) is 14.0 Å². The summed E-state index contributed by atoms with van der Waals surface area (Å²) in [5.74, 6) is 0.181. The molecule has 0 aliphatic carbocycles. The van der Waals surface area contributed by atoms with Gasteiger partial charge < -0.3 is 25.2 Å². The van der Waals surface area contributed by atoms with Crippen LogP contribution in [0.4, 0.5) is 14.9 Å². The number of anilines is 1. The molecule has 0 saturated heterocycles. The smallest absolute Gasteiger partial charge is 0.317 e. The fraction of sp³-hybridized carbons (Fsp3) is 0.500. The summed E-state index contributed by atoms with van der Waals surface area (Å²) in [6.07, 6.45) is 6.23. The van der Waals surface area contributed by atoms with Gasteiger partial charge in [-0.3, -0.25) is 0 Å². The zero-order valence-electron chi connectivity index (χ0n) is 16.8. The Morgan fingerprint density at radius 2 is 2.07 bits per heavy atom. The standard InChI is InChI=1S/C20H31FN4O3/c1-16(2)15-28-19-14-17(8-9-18(19)21)24-23-10-6-4-5-7-11-25(12-13-26)20(27)22-3/h5,7-9,13-14,16,23-24H,4,6,10-12,15H2,1-3H3,(H,22,27)/b7-5+. The molecule has 0 heterocycles. The molecule has 2 amide bonds. The van der Waals surface area contributed by atoms with Crippen LogP contribution in [0.3, 0.4) is 0 Å². The second-order valence-corrected chi connectivity index (χ2v) is 6.64. The molecule has 0 atom stereocenters. The van der Waals surface area contributed by atoms with E-state index in [4.69, 9.17) is 4.74 Å². The van der Waals surface area contributed by atoms with Gasteiger partial charge in [-0.2, -0.15) is 0 Å². The first-order valence-electron chi connectivity index (χ1n) is 9.44. The molecule has 1 aromatic rings. The molecule has 1 rings (SSSR count). The van der Waals surface area contributed by atoms with Crippen molar-refractivity contribution in [1.29, 1.82) is 0 Å². The van der Waals surface area contributed by atoms with E-state index in [0.717, 1.165) is 18.5 Å². The minimum Gasteiger partial charge on any atom is -0.490 e. The predicted octanol–water partition coefficient (Wildman–Crippen LogP) is 2.95. The van der Waals surface area contributed by atoms with Gasteiger partial charge in [-0.1, -0.05) is 26.0 Å². The minimum absolute atomic E-state index is 0.0655. The van der Waals surface area contributed by atoms with Gasteiger partial charge in [0.25, 0.3) is 0 Å². The zero-order chi connectivity index (χ0) is 20.8. The number of ether oxygens (including phenoxy) is 1. The van der Waals surface area contributed by atoms with E-state index in [1.165, 1.54) is 18.0 Å². The molecule has 0 unspecified atom stereocenters. The normalized spacial score (nSPS) is 10.9. The van der Waals surface area contributed by atoms with Crippen molar-refractivity contribution >= 4 is 18.0 Å². The maximum Gasteiger partial charge on any atom is 0.317 e. The molecule has 0 aliphatic heterocycles. The van der Waals surface area contributed by atoms with Crippen molar-refractivity contribution in [2.45, 2.75) is 26.7 Å². The van der Waals surface area contributed by atoms with Crippen LogP contribution in [0.15, 0.2) is 30.4 Å². The SMILES string of the molecule is CNC(=O)N(CC=O)C/C=C/CCCNNc1ccc(F)c(OCC(C)C)c1. The van der Waals surface area contributed by atoms with Gasteiger partial charge in [0.2, 0.25) is 0 Å². The topological polar surface area (TPSA) is 82.7 Å². The summed E-state index contributed by atoms with van der Waals surface area (Å²) < 4.78 is 19.2. The first kappa shape index (κ1) is 23.4. The summed E-state index contributed by atoms with van der Waals surface area (Å²) in [6.45, 7) is 5.64. The van der Waals surface area contributed by atoms with Crippen LogP contribution in [0.2, 0.25) is 0 Å². The summed E-state index contributed by atoms with van der Waals surface area (Å²) in [6, 6.07) is 4.37. The highest BCUT2D eigenvalue weighted by Crippen LogP contribution is 2.22. The Bertz CT molecular complexity index is 638. The van der Waals surface area contributed by atoms with Gasteiger partial charge in [0.15, 0.2) is 11.6 Å². The molecule has 0 saturated carbocycles. The number of nitrogens with zero attached hydrogens (tertiary/aromatic N) is 1. The number of hydrazine groups is 1. The van der Waals surface area contributed by atoms with Gasteiger partial charge in [-0.05, 0) is 30.9 Å². The molecule has 0 aliphatic rings. The molecular weight excluding hydrogens is 363 g/mol. The van der Waals surface area contributed by atoms with Gasteiger partial charge in [-0.25, -0.2) is 14.6 Å². The van der Waals surface area contributed by atoms with Crippen LogP contribution >= 0.6 is 0 Å². The Hall–Kier alpha value is -2.61. The third-order valence-corrected chi connectivity index (χ3v) is 3.70. The van der Waals surface area contributed by atoms with Crippen LogP contribution < -0.4 is 20.9 Å². The first-order valence-corrected chi connectivity index (χ1v) is 9.44. The number of nitrogens with one attached hydrogen (secondary N) is 3. The lowest BCUT2D eigenvalue weighted by molar-refractivity contribution is -0.108. The molecule has 0 fully saturated rings. The third-order valence-electron chi connectivity index (χ3n) is 3.70. The van der Waals surface area contributed by atoms with Gasteiger partial charge in [0.1, 0.15) is 6.29 Å². The maximum absolute atomic E-state index is 13.7. The largest absolute Gasteiger partial charge is 0.490 e. The van der Waals surface area contributed by atoms with Crippen molar-refractivity contribution in [2.24, 2.45) is 5.92 Å². The fourth-order valence-electron chi connectivity index (χ4n) is 2.23. The second-order valence-electron chi connectivity index (χ2n) is 6.64. The fourth-order valence-corrected chi connectivity index (χ4v) is 2.23. The number of halogens is 1. The van der Waals surface area contributed by atoms with Crippen molar-refractivity contribution < 1.29 is 18.7 Å². The van der Waals surface area contributed by atoms with Gasteiger partial charge in [0, 0.05) is 26.2 Å². The number of carbonyl (C=O) groups excluding carboxylic acids is 2. The summed E-state index contributed by atoms with van der Waals surface area (Å²) in [7, 11) is 1.53. The monoisotopic (exact) mass is 394 g/mol. The second kappa shape index (κ2) is 13.5. The van der Waals surface area contributed by atoms with Crippen LogP contribution in [-0.4, -0.2) is 50.5 Å². The average Bonchev–Trinajstić information content (AvgIpc) is 2.68. The highest BCUT2D eigenvalue weighted by Gasteiger charge is 2.08. The van der Waals surface area contributed by atoms with E-state index in [1.807, 2.05) is 26.0 Å². The summed E-state index contributed by atoms with van der Waals surface area (Å²) in [4.78, 5) is 23.5. The Balaban J connectivity index is 2.27. The zero-order valence-corrected chi connectivity index (χ0v) is 16.8. The highest BCUT2D eigenvalue weighted by atomic mass is 19.1. The van der Waals surface area contributed by atoms with Crippen LogP contribution in [-0.2, 0) is 4.79 Å².